The molecule has 19 heavy (non-hydrogen) atoms. The Labute approximate surface area is 113 Å². The van der Waals surface area contributed by atoms with Crippen molar-refractivity contribution in [1.29, 1.82) is 5.26 Å². The van der Waals surface area contributed by atoms with Crippen molar-refractivity contribution in [1.82, 2.24) is 4.90 Å². The molecule has 1 rings (SSSR count). The Morgan fingerprint density at radius 3 is 2.42 bits per heavy atom. The fraction of sp³-hybridized carbons (Fsp3) is 0.286. The van der Waals surface area contributed by atoms with Gasteiger partial charge in [0.05, 0.1) is 0 Å². The lowest BCUT2D eigenvalue weighted by Crippen LogP contribution is -2.20. The van der Waals surface area contributed by atoms with E-state index in [1.54, 1.807) is 30.5 Å². The van der Waals surface area contributed by atoms with Crippen LogP contribution in [-0.2, 0) is 4.79 Å². The Bertz CT molecular complexity index is 495. The summed E-state index contributed by atoms with van der Waals surface area (Å²) in [6.07, 6.45) is 1.58. The smallest absolute Gasteiger partial charge is 0.267 e. The van der Waals surface area contributed by atoms with Crippen LogP contribution in [0.4, 0.5) is 11.4 Å². The molecule has 5 heteroatoms. The summed E-state index contributed by atoms with van der Waals surface area (Å²) in [5.74, 6) is -0.417. The molecule has 0 aliphatic heterocycles. The van der Waals surface area contributed by atoms with Crippen molar-refractivity contribution >= 4 is 17.3 Å². The van der Waals surface area contributed by atoms with Gasteiger partial charge in [0.2, 0.25) is 0 Å². The first-order chi connectivity index (χ1) is 9.10. The Hall–Kier alpha value is -2.48. The zero-order valence-corrected chi connectivity index (χ0v) is 11.2. The highest BCUT2D eigenvalue weighted by Gasteiger charge is 2.10. The molecule has 0 heterocycles. The lowest BCUT2D eigenvalue weighted by Gasteiger charge is -2.15. The van der Waals surface area contributed by atoms with Crippen LogP contribution in [0, 0.1) is 11.3 Å². The number of hydrogen-bond donors (Lipinski definition) is 2. The predicted molar refractivity (Wildman–Crippen MR) is 76.1 cm³/mol. The molecule has 0 unspecified atom stereocenters. The van der Waals surface area contributed by atoms with E-state index in [4.69, 9.17) is 11.0 Å². The van der Waals surface area contributed by atoms with Crippen LogP contribution < -0.4 is 11.1 Å². The summed E-state index contributed by atoms with van der Waals surface area (Å²) in [6, 6.07) is 8.68. The topological polar surface area (TPSA) is 82.2 Å². The van der Waals surface area contributed by atoms with Gasteiger partial charge in [0.15, 0.2) is 0 Å². The van der Waals surface area contributed by atoms with Crippen LogP contribution in [-0.4, -0.2) is 23.9 Å². The van der Waals surface area contributed by atoms with Gasteiger partial charge in [0, 0.05) is 30.7 Å². The summed E-state index contributed by atoms with van der Waals surface area (Å²) in [7, 11) is 0. The molecule has 5 nitrogen and oxygen atoms in total. The van der Waals surface area contributed by atoms with E-state index >= 15 is 0 Å². The highest BCUT2D eigenvalue weighted by molar-refractivity contribution is 6.06. The average molecular weight is 258 g/mol. The molecule has 1 amide bonds. The van der Waals surface area contributed by atoms with E-state index < -0.39 is 5.91 Å². The molecule has 0 saturated carbocycles. The number of rotatable bonds is 5. The van der Waals surface area contributed by atoms with E-state index in [9.17, 15) is 4.79 Å². The van der Waals surface area contributed by atoms with Crippen molar-refractivity contribution < 1.29 is 4.79 Å². The SMILES string of the molecule is CCN(/C=C(/C#N)C(=O)Nc1ccc(N)cc1)CC. The minimum atomic E-state index is -0.417. The van der Waals surface area contributed by atoms with Crippen molar-refractivity contribution in [2.45, 2.75) is 13.8 Å². The Morgan fingerprint density at radius 2 is 1.95 bits per heavy atom. The Balaban J connectivity index is 2.80. The van der Waals surface area contributed by atoms with Gasteiger partial charge in [-0.2, -0.15) is 5.26 Å². The third-order valence-electron chi connectivity index (χ3n) is 2.66. The maximum absolute atomic E-state index is 11.9. The second-order valence-corrected chi connectivity index (χ2v) is 3.95. The quantitative estimate of drug-likeness (QED) is 0.480. The van der Waals surface area contributed by atoms with E-state index in [1.807, 2.05) is 24.8 Å². The molecule has 0 aliphatic rings. The molecule has 100 valence electrons. The molecule has 1 aromatic rings. The Morgan fingerprint density at radius 1 is 1.37 bits per heavy atom. The summed E-state index contributed by atoms with van der Waals surface area (Å²) in [5, 5.41) is 11.7. The minimum Gasteiger partial charge on any atom is -0.399 e. The van der Waals surface area contributed by atoms with Gasteiger partial charge in [-0.3, -0.25) is 4.79 Å². The lowest BCUT2D eigenvalue weighted by atomic mass is 10.2. The molecule has 0 aromatic heterocycles. The number of anilines is 2. The number of hydrogen-bond acceptors (Lipinski definition) is 4. The molecule has 0 saturated heterocycles. The lowest BCUT2D eigenvalue weighted by molar-refractivity contribution is -0.112. The van der Waals surface area contributed by atoms with E-state index in [0.29, 0.717) is 11.4 Å². The van der Waals surface area contributed by atoms with Gasteiger partial charge in [-0.1, -0.05) is 0 Å². The van der Waals surface area contributed by atoms with Crippen molar-refractivity contribution in [3.05, 3.63) is 36.0 Å². The van der Waals surface area contributed by atoms with Gasteiger partial charge in [-0.05, 0) is 38.1 Å². The third kappa shape index (κ3) is 4.36. The van der Waals surface area contributed by atoms with E-state index in [0.717, 1.165) is 13.1 Å². The first kappa shape index (κ1) is 14.6. The van der Waals surface area contributed by atoms with Crippen LogP contribution in [0.1, 0.15) is 13.8 Å². The highest BCUT2D eigenvalue weighted by atomic mass is 16.1. The van der Waals surface area contributed by atoms with Crippen LogP contribution in [0.15, 0.2) is 36.0 Å². The molecule has 3 N–H and O–H groups in total. The van der Waals surface area contributed by atoms with E-state index in [1.165, 1.54) is 0 Å². The van der Waals surface area contributed by atoms with Gasteiger partial charge < -0.3 is 16.0 Å². The fourth-order valence-corrected chi connectivity index (χ4v) is 1.49. The molecule has 0 atom stereocenters. The zero-order chi connectivity index (χ0) is 14.3. The van der Waals surface area contributed by atoms with Crippen LogP contribution in [0.5, 0.6) is 0 Å². The summed E-state index contributed by atoms with van der Waals surface area (Å²) in [5.41, 5.74) is 6.88. The van der Waals surface area contributed by atoms with Crippen LogP contribution >= 0.6 is 0 Å². The number of nitrogens with two attached hydrogens (primary N) is 1. The molecule has 0 radical (unpaired) electrons. The number of nitrogens with zero attached hydrogens (tertiary/aromatic N) is 2. The number of nitriles is 1. The van der Waals surface area contributed by atoms with Crippen LogP contribution in [0.3, 0.4) is 0 Å². The molecule has 1 aromatic carbocycles. The Kier molecular flexibility index (Phi) is 5.42. The minimum absolute atomic E-state index is 0.0838. The van der Waals surface area contributed by atoms with Crippen molar-refractivity contribution in [2.75, 3.05) is 24.1 Å². The normalized spacial score (nSPS) is 10.7. The number of carbonyl (C=O) groups excluding carboxylic acids is 1. The summed E-state index contributed by atoms with van der Waals surface area (Å²) < 4.78 is 0. The highest BCUT2D eigenvalue weighted by Crippen LogP contribution is 2.11. The van der Waals surface area contributed by atoms with Crippen molar-refractivity contribution in [3.8, 4) is 6.07 Å². The number of carbonyl (C=O) groups is 1. The van der Waals surface area contributed by atoms with Gasteiger partial charge in [-0.15, -0.1) is 0 Å². The molecule has 0 spiro atoms. The standard InChI is InChI=1S/C14H18N4O/c1-3-18(4-2)10-11(9-15)14(19)17-13-7-5-12(16)6-8-13/h5-8,10H,3-4,16H2,1-2H3,(H,17,19)/b11-10-. The second-order valence-electron chi connectivity index (χ2n) is 3.95. The average Bonchev–Trinajstić information content (AvgIpc) is 2.42. The first-order valence-corrected chi connectivity index (χ1v) is 6.13. The van der Waals surface area contributed by atoms with Gasteiger partial charge >= 0.3 is 0 Å². The van der Waals surface area contributed by atoms with E-state index in [2.05, 4.69) is 5.32 Å². The maximum Gasteiger partial charge on any atom is 0.267 e. The molecular formula is C14H18N4O. The second kappa shape index (κ2) is 7.07. The number of amides is 1. The summed E-state index contributed by atoms with van der Waals surface area (Å²) >= 11 is 0. The largest absolute Gasteiger partial charge is 0.399 e. The first-order valence-electron chi connectivity index (χ1n) is 6.13. The monoisotopic (exact) mass is 258 g/mol. The van der Waals surface area contributed by atoms with Crippen LogP contribution in [0.25, 0.3) is 0 Å². The van der Waals surface area contributed by atoms with Crippen molar-refractivity contribution in [3.63, 3.8) is 0 Å². The predicted octanol–water partition coefficient (Wildman–Crippen LogP) is 1.96. The third-order valence-corrected chi connectivity index (χ3v) is 2.66. The summed E-state index contributed by atoms with van der Waals surface area (Å²) in [4.78, 5) is 13.8. The van der Waals surface area contributed by atoms with E-state index in [-0.39, 0.29) is 5.57 Å². The van der Waals surface area contributed by atoms with Gasteiger partial charge in [0.25, 0.3) is 5.91 Å². The summed E-state index contributed by atoms with van der Waals surface area (Å²) in [6.45, 7) is 5.42. The van der Waals surface area contributed by atoms with Crippen LogP contribution in [0.2, 0.25) is 0 Å². The fourth-order valence-electron chi connectivity index (χ4n) is 1.49. The number of nitrogens with one attached hydrogen (secondary N) is 1. The number of nitrogen functional groups attached to an aromatic ring is 1. The molecule has 0 fully saturated rings. The van der Waals surface area contributed by atoms with Crippen molar-refractivity contribution in [2.24, 2.45) is 0 Å². The number of benzene rings is 1. The van der Waals surface area contributed by atoms with Gasteiger partial charge in [-0.25, -0.2) is 0 Å². The molecule has 0 aliphatic carbocycles. The molecular weight excluding hydrogens is 240 g/mol. The van der Waals surface area contributed by atoms with Gasteiger partial charge in [0.1, 0.15) is 11.6 Å². The molecule has 0 bridgehead atoms. The maximum atomic E-state index is 11.9. The zero-order valence-electron chi connectivity index (χ0n) is 11.2.